The molecule has 2 fully saturated rings. The van der Waals surface area contributed by atoms with Crippen LogP contribution < -0.4 is 9.47 Å². The van der Waals surface area contributed by atoms with Crippen molar-refractivity contribution in [1.82, 2.24) is 9.80 Å². The maximum absolute atomic E-state index is 12.9. The van der Waals surface area contributed by atoms with E-state index < -0.39 is 0 Å². The first kappa shape index (κ1) is 24.7. The number of rotatable bonds is 4. The highest BCUT2D eigenvalue weighted by atomic mass is 16.5. The van der Waals surface area contributed by atoms with Gasteiger partial charge in [0, 0.05) is 22.2 Å². The van der Waals surface area contributed by atoms with Gasteiger partial charge in [-0.15, -0.1) is 0 Å². The van der Waals surface area contributed by atoms with E-state index in [0.29, 0.717) is 11.5 Å². The van der Waals surface area contributed by atoms with Crippen molar-refractivity contribution in [1.29, 1.82) is 0 Å². The Kier molecular flexibility index (Phi) is 6.06. The summed E-state index contributed by atoms with van der Waals surface area (Å²) in [6.45, 7) is 16.9. The van der Waals surface area contributed by atoms with Gasteiger partial charge in [0.15, 0.2) is 0 Å². The molecule has 1 aromatic carbocycles. The summed E-state index contributed by atoms with van der Waals surface area (Å²) in [6, 6.07) is 6.75. The second-order valence-electron chi connectivity index (χ2n) is 11.9. The minimum atomic E-state index is -0.287. The molecule has 0 aromatic heterocycles. The molecule has 0 saturated carbocycles. The van der Waals surface area contributed by atoms with Crippen molar-refractivity contribution >= 4 is 11.9 Å². The smallest absolute Gasteiger partial charge is 0.316 e. The Bertz CT molecular complexity index is 813. The van der Waals surface area contributed by atoms with Gasteiger partial charge >= 0.3 is 11.9 Å². The number of hydrogen-bond donors (Lipinski definition) is 0. The van der Waals surface area contributed by atoms with Crippen LogP contribution in [0.25, 0.3) is 0 Å². The fourth-order valence-electron chi connectivity index (χ4n) is 5.49. The molecule has 1 aromatic rings. The summed E-state index contributed by atoms with van der Waals surface area (Å²) in [5.74, 6) is 0.0280. The molecular formula is C26H40N2O4. The lowest BCUT2D eigenvalue weighted by Crippen LogP contribution is -2.48. The number of nitrogens with zero attached hydrogens (tertiary/aromatic N) is 2. The molecular weight excluding hydrogens is 404 g/mol. The number of ether oxygens (including phenoxy) is 2. The van der Waals surface area contributed by atoms with Crippen LogP contribution in [0.3, 0.4) is 0 Å². The van der Waals surface area contributed by atoms with Gasteiger partial charge in [0.1, 0.15) is 11.5 Å². The molecule has 32 heavy (non-hydrogen) atoms. The second kappa shape index (κ2) is 7.84. The zero-order chi connectivity index (χ0) is 24.3. The van der Waals surface area contributed by atoms with E-state index in [-0.39, 0.29) is 45.9 Å². The highest BCUT2D eigenvalue weighted by Crippen LogP contribution is 2.45. The lowest BCUT2D eigenvalue weighted by atomic mass is 9.87. The van der Waals surface area contributed by atoms with E-state index >= 15 is 0 Å². The number of hydrogen-bond acceptors (Lipinski definition) is 6. The Balaban J connectivity index is 1.65. The van der Waals surface area contributed by atoms with Gasteiger partial charge in [0.05, 0.1) is 11.8 Å². The summed E-state index contributed by atoms with van der Waals surface area (Å²) < 4.78 is 11.4. The van der Waals surface area contributed by atoms with Gasteiger partial charge in [-0.2, -0.15) is 0 Å². The van der Waals surface area contributed by atoms with Gasteiger partial charge in [-0.3, -0.25) is 19.4 Å². The minimum Gasteiger partial charge on any atom is -0.426 e. The SMILES string of the molecule is CN1C(C)(C)CC(C(=O)Oc2ccc(OC(=O)C3CC(C)(C)N(C)C3(C)C)cc2)C1(C)C. The van der Waals surface area contributed by atoms with Gasteiger partial charge < -0.3 is 9.47 Å². The molecule has 6 nitrogen and oxygen atoms in total. The summed E-state index contributed by atoms with van der Waals surface area (Å²) >= 11 is 0. The monoisotopic (exact) mass is 444 g/mol. The second-order valence-corrected chi connectivity index (χ2v) is 11.9. The van der Waals surface area contributed by atoms with Gasteiger partial charge in [0.2, 0.25) is 0 Å². The maximum atomic E-state index is 12.9. The zero-order valence-corrected chi connectivity index (χ0v) is 21.4. The van der Waals surface area contributed by atoms with Crippen molar-refractivity contribution in [3.8, 4) is 11.5 Å². The molecule has 178 valence electrons. The van der Waals surface area contributed by atoms with Gasteiger partial charge in [-0.25, -0.2) is 0 Å². The number of esters is 2. The molecule has 0 amide bonds. The van der Waals surface area contributed by atoms with Crippen molar-refractivity contribution in [3.63, 3.8) is 0 Å². The minimum absolute atomic E-state index is 0.0676. The number of carbonyl (C=O) groups is 2. The molecule has 0 bridgehead atoms. The molecule has 0 radical (unpaired) electrons. The topological polar surface area (TPSA) is 59.1 Å². The predicted molar refractivity (Wildman–Crippen MR) is 126 cm³/mol. The standard InChI is InChI=1S/C26H40N2O4/c1-23(2)15-19(25(5,6)27(23)9)21(29)31-17-11-13-18(14-12-17)32-22(30)20-16-24(3,4)28(10)26(20,7)8/h11-14,19-20H,15-16H2,1-10H3. The molecule has 0 N–H and O–H groups in total. The third-order valence-corrected chi connectivity index (χ3v) is 8.49. The van der Waals surface area contributed by atoms with E-state index in [1.54, 1.807) is 24.3 Å². The van der Waals surface area contributed by atoms with E-state index in [1.807, 2.05) is 0 Å². The fourth-order valence-corrected chi connectivity index (χ4v) is 5.49. The van der Waals surface area contributed by atoms with Crippen molar-refractivity contribution in [2.24, 2.45) is 11.8 Å². The third-order valence-electron chi connectivity index (χ3n) is 8.49. The third kappa shape index (κ3) is 4.19. The fraction of sp³-hybridized carbons (Fsp3) is 0.692. The van der Waals surface area contributed by atoms with E-state index in [0.717, 1.165) is 12.8 Å². The highest BCUT2D eigenvalue weighted by molar-refractivity contribution is 5.78. The number of carbonyl (C=O) groups excluding carboxylic acids is 2. The van der Waals surface area contributed by atoms with E-state index in [1.165, 1.54) is 0 Å². The van der Waals surface area contributed by atoms with Gasteiger partial charge in [-0.05, 0) is 107 Å². The number of likely N-dealkylation sites (tertiary alicyclic amines) is 2. The zero-order valence-electron chi connectivity index (χ0n) is 21.4. The average Bonchev–Trinajstić information content (AvgIpc) is 2.96. The first-order valence-corrected chi connectivity index (χ1v) is 11.5. The van der Waals surface area contributed by atoms with Crippen LogP contribution in [0.5, 0.6) is 11.5 Å². The number of benzene rings is 1. The van der Waals surface area contributed by atoms with Crippen LogP contribution in [0.1, 0.15) is 68.2 Å². The highest BCUT2D eigenvalue weighted by Gasteiger charge is 2.54. The largest absolute Gasteiger partial charge is 0.426 e. The summed E-state index contributed by atoms with van der Waals surface area (Å²) in [4.78, 5) is 30.3. The summed E-state index contributed by atoms with van der Waals surface area (Å²) in [7, 11) is 4.11. The first-order chi connectivity index (χ1) is 14.5. The summed E-state index contributed by atoms with van der Waals surface area (Å²) in [6.07, 6.45) is 1.49. The Hall–Kier alpha value is -1.92. The molecule has 2 unspecified atom stereocenters. The molecule has 2 aliphatic heterocycles. The lowest BCUT2D eigenvalue weighted by molar-refractivity contribution is -0.142. The Morgan fingerprint density at radius 1 is 0.688 bits per heavy atom. The van der Waals surface area contributed by atoms with E-state index in [2.05, 4.69) is 79.3 Å². The van der Waals surface area contributed by atoms with Crippen molar-refractivity contribution < 1.29 is 19.1 Å². The molecule has 6 heteroatoms. The summed E-state index contributed by atoms with van der Waals surface area (Å²) in [5.41, 5.74) is -0.708. The summed E-state index contributed by atoms with van der Waals surface area (Å²) in [5, 5.41) is 0. The molecule has 2 heterocycles. The van der Waals surface area contributed by atoms with Crippen molar-refractivity contribution in [2.45, 2.75) is 90.4 Å². The molecule has 0 aliphatic carbocycles. The molecule has 2 aliphatic rings. The Morgan fingerprint density at radius 3 is 1.19 bits per heavy atom. The van der Waals surface area contributed by atoms with Crippen LogP contribution in [0.4, 0.5) is 0 Å². The Morgan fingerprint density at radius 2 is 0.969 bits per heavy atom. The van der Waals surface area contributed by atoms with E-state index in [4.69, 9.17) is 9.47 Å². The van der Waals surface area contributed by atoms with Crippen LogP contribution >= 0.6 is 0 Å². The van der Waals surface area contributed by atoms with Crippen LogP contribution in [-0.2, 0) is 9.59 Å². The average molecular weight is 445 g/mol. The van der Waals surface area contributed by atoms with Crippen molar-refractivity contribution in [2.75, 3.05) is 14.1 Å². The predicted octanol–water partition coefficient (Wildman–Crippen LogP) is 4.52. The van der Waals surface area contributed by atoms with Crippen LogP contribution in [-0.4, -0.2) is 58.0 Å². The van der Waals surface area contributed by atoms with E-state index in [9.17, 15) is 9.59 Å². The van der Waals surface area contributed by atoms with Gasteiger partial charge in [-0.1, -0.05) is 0 Å². The lowest BCUT2D eigenvalue weighted by Gasteiger charge is -2.37. The maximum Gasteiger partial charge on any atom is 0.316 e. The van der Waals surface area contributed by atoms with Gasteiger partial charge in [0.25, 0.3) is 0 Å². The van der Waals surface area contributed by atoms with Crippen LogP contribution in [0.15, 0.2) is 24.3 Å². The molecule has 0 spiro atoms. The molecule has 3 rings (SSSR count). The Labute approximate surface area is 193 Å². The quantitative estimate of drug-likeness (QED) is 0.503. The molecule has 2 saturated heterocycles. The van der Waals surface area contributed by atoms with Crippen LogP contribution in [0.2, 0.25) is 0 Å². The van der Waals surface area contributed by atoms with Crippen LogP contribution in [0, 0.1) is 11.8 Å². The normalized spacial score (nSPS) is 28.4. The molecule has 2 atom stereocenters. The first-order valence-electron chi connectivity index (χ1n) is 11.5. The van der Waals surface area contributed by atoms with Crippen molar-refractivity contribution in [3.05, 3.63) is 24.3 Å².